The van der Waals surface area contributed by atoms with E-state index in [1.54, 1.807) is 49.4 Å². The van der Waals surface area contributed by atoms with Crippen LogP contribution in [0.1, 0.15) is 21.5 Å². The predicted octanol–water partition coefficient (Wildman–Crippen LogP) is 5.73. The van der Waals surface area contributed by atoms with Gasteiger partial charge in [-0.15, -0.1) is 0 Å². The molecule has 7 nitrogen and oxygen atoms in total. The van der Waals surface area contributed by atoms with E-state index in [9.17, 15) is 19.7 Å². The minimum Gasteiger partial charge on any atom is -0.320 e. The summed E-state index contributed by atoms with van der Waals surface area (Å²) in [4.78, 5) is 36.2. The fourth-order valence-electron chi connectivity index (χ4n) is 2.78. The lowest BCUT2D eigenvalue weighted by Crippen LogP contribution is -2.31. The summed E-state index contributed by atoms with van der Waals surface area (Å²) in [5.74, 6) is -1.07. The highest BCUT2D eigenvalue weighted by atomic mass is 79.9. The Morgan fingerprint density at radius 3 is 2.38 bits per heavy atom. The number of rotatable bonds is 6. The number of carbonyl (C=O) groups is 2. The van der Waals surface area contributed by atoms with E-state index in [0.29, 0.717) is 31.9 Å². The average Bonchev–Trinajstić information content (AvgIpc) is 2.77. The zero-order valence-electron chi connectivity index (χ0n) is 16.8. The van der Waals surface area contributed by atoms with E-state index in [1.165, 1.54) is 30.3 Å². The van der Waals surface area contributed by atoms with E-state index in [4.69, 9.17) is 11.6 Å². The number of benzene rings is 3. The molecule has 0 spiro atoms. The number of hydrogen-bond donors (Lipinski definition) is 2. The first-order valence-electron chi connectivity index (χ1n) is 9.35. The van der Waals surface area contributed by atoms with Gasteiger partial charge in [-0.05, 0) is 76.5 Å². The number of nitro groups is 1. The molecule has 0 aromatic heterocycles. The van der Waals surface area contributed by atoms with E-state index in [2.05, 4.69) is 26.6 Å². The number of nitrogens with one attached hydrogen (secondary N) is 2. The number of halogens is 2. The van der Waals surface area contributed by atoms with Gasteiger partial charge in [0.1, 0.15) is 5.70 Å². The van der Waals surface area contributed by atoms with Crippen LogP contribution in [0.25, 0.3) is 6.08 Å². The number of nitrogens with zero attached hydrogens (tertiary/aromatic N) is 1. The maximum absolute atomic E-state index is 13.1. The number of hydrogen-bond acceptors (Lipinski definition) is 4. The summed E-state index contributed by atoms with van der Waals surface area (Å²) in [6, 6.07) is 17.5. The molecule has 0 aliphatic carbocycles. The van der Waals surface area contributed by atoms with Gasteiger partial charge in [0, 0.05) is 27.3 Å². The molecule has 3 aromatic carbocycles. The standard InChI is InChI=1S/C23H17BrClN3O4/c1-14-19(25)7-4-8-20(14)26-23(30)21(13-15-9-11-16(12-10-15)28(31)32)27-22(29)17-5-2-3-6-18(17)24/h2-13H,1H3,(H,26,30)(H,27,29). The second-order valence-corrected chi connectivity index (χ2v) is 7.97. The van der Waals surface area contributed by atoms with Crippen molar-refractivity contribution in [2.75, 3.05) is 5.32 Å². The van der Waals surface area contributed by atoms with E-state index in [1.807, 2.05) is 0 Å². The molecule has 0 aliphatic heterocycles. The normalized spacial score (nSPS) is 11.0. The summed E-state index contributed by atoms with van der Waals surface area (Å²) < 4.78 is 0.568. The summed E-state index contributed by atoms with van der Waals surface area (Å²) in [6.07, 6.45) is 1.44. The molecule has 0 aliphatic rings. The number of non-ortho nitro benzene ring substituents is 1. The van der Waals surface area contributed by atoms with Crippen LogP contribution >= 0.6 is 27.5 Å². The van der Waals surface area contributed by atoms with E-state index in [-0.39, 0.29) is 11.4 Å². The Labute approximate surface area is 197 Å². The van der Waals surface area contributed by atoms with Crippen LogP contribution in [0.15, 0.2) is 76.9 Å². The molecule has 0 unspecified atom stereocenters. The highest BCUT2D eigenvalue weighted by Crippen LogP contribution is 2.24. The third kappa shape index (κ3) is 5.60. The van der Waals surface area contributed by atoms with Gasteiger partial charge in [-0.25, -0.2) is 0 Å². The van der Waals surface area contributed by atoms with Gasteiger partial charge >= 0.3 is 0 Å². The predicted molar refractivity (Wildman–Crippen MR) is 128 cm³/mol. The monoisotopic (exact) mass is 513 g/mol. The molecule has 0 heterocycles. The lowest BCUT2D eigenvalue weighted by Gasteiger charge is -2.14. The van der Waals surface area contributed by atoms with Crippen molar-refractivity contribution < 1.29 is 14.5 Å². The molecule has 0 fully saturated rings. The van der Waals surface area contributed by atoms with Crippen LogP contribution in [-0.2, 0) is 4.79 Å². The third-order valence-electron chi connectivity index (χ3n) is 4.54. The van der Waals surface area contributed by atoms with Crippen LogP contribution in [0, 0.1) is 17.0 Å². The Morgan fingerprint density at radius 2 is 1.72 bits per heavy atom. The maximum atomic E-state index is 13.1. The van der Waals surface area contributed by atoms with E-state index in [0.717, 1.165) is 0 Å². The highest BCUT2D eigenvalue weighted by Gasteiger charge is 2.18. The lowest BCUT2D eigenvalue weighted by molar-refractivity contribution is -0.384. The van der Waals surface area contributed by atoms with Crippen LogP contribution in [-0.4, -0.2) is 16.7 Å². The van der Waals surface area contributed by atoms with Gasteiger partial charge in [-0.1, -0.05) is 29.8 Å². The highest BCUT2D eigenvalue weighted by molar-refractivity contribution is 9.10. The van der Waals surface area contributed by atoms with Crippen LogP contribution in [0.2, 0.25) is 5.02 Å². The largest absolute Gasteiger partial charge is 0.320 e. The summed E-state index contributed by atoms with van der Waals surface area (Å²) in [5.41, 5.74) is 1.88. The molecular weight excluding hydrogens is 498 g/mol. The lowest BCUT2D eigenvalue weighted by atomic mass is 10.1. The zero-order chi connectivity index (χ0) is 23.3. The van der Waals surface area contributed by atoms with Gasteiger partial charge in [0.25, 0.3) is 17.5 Å². The summed E-state index contributed by atoms with van der Waals surface area (Å²) >= 11 is 9.46. The van der Waals surface area contributed by atoms with E-state index >= 15 is 0 Å². The molecule has 9 heteroatoms. The number of amides is 2. The SMILES string of the molecule is Cc1c(Cl)cccc1NC(=O)C(=Cc1ccc([N+](=O)[O-])cc1)NC(=O)c1ccccc1Br. The molecule has 0 saturated carbocycles. The molecule has 0 atom stereocenters. The van der Waals surface area contributed by atoms with Crippen molar-refractivity contribution in [3.8, 4) is 0 Å². The molecule has 3 rings (SSSR count). The number of nitro benzene ring substituents is 1. The molecule has 2 amide bonds. The number of carbonyl (C=O) groups excluding carboxylic acids is 2. The van der Waals surface area contributed by atoms with Crippen molar-refractivity contribution in [1.29, 1.82) is 0 Å². The smallest absolute Gasteiger partial charge is 0.272 e. The molecule has 32 heavy (non-hydrogen) atoms. The molecular formula is C23H17BrClN3O4. The van der Waals surface area contributed by atoms with Crippen molar-refractivity contribution in [3.63, 3.8) is 0 Å². The van der Waals surface area contributed by atoms with Gasteiger partial charge < -0.3 is 10.6 Å². The second kappa shape index (κ2) is 10.2. The first-order chi connectivity index (χ1) is 15.3. The number of anilines is 1. The van der Waals surface area contributed by atoms with Crippen molar-refractivity contribution in [2.24, 2.45) is 0 Å². The molecule has 0 saturated heterocycles. The Balaban J connectivity index is 1.95. The summed E-state index contributed by atoms with van der Waals surface area (Å²) in [5, 5.41) is 16.8. The fraction of sp³-hybridized carbons (Fsp3) is 0.0435. The van der Waals surface area contributed by atoms with Crippen molar-refractivity contribution in [2.45, 2.75) is 6.92 Å². The van der Waals surface area contributed by atoms with Crippen molar-refractivity contribution in [1.82, 2.24) is 5.32 Å². The first kappa shape index (κ1) is 23.2. The van der Waals surface area contributed by atoms with Crippen LogP contribution < -0.4 is 10.6 Å². The third-order valence-corrected chi connectivity index (χ3v) is 5.64. The molecule has 2 N–H and O–H groups in total. The first-order valence-corrected chi connectivity index (χ1v) is 10.5. The molecule has 0 bridgehead atoms. The Bertz CT molecular complexity index is 1230. The summed E-state index contributed by atoms with van der Waals surface area (Å²) in [7, 11) is 0. The van der Waals surface area contributed by atoms with Crippen LogP contribution in [0.3, 0.4) is 0 Å². The Hall–Kier alpha value is -3.49. The van der Waals surface area contributed by atoms with Gasteiger partial charge in [0.15, 0.2) is 0 Å². The van der Waals surface area contributed by atoms with E-state index < -0.39 is 16.7 Å². The van der Waals surface area contributed by atoms with Gasteiger partial charge in [0.2, 0.25) is 0 Å². The van der Waals surface area contributed by atoms with Crippen LogP contribution in [0.5, 0.6) is 0 Å². The Morgan fingerprint density at radius 1 is 1.03 bits per heavy atom. The van der Waals surface area contributed by atoms with Gasteiger partial charge in [-0.3, -0.25) is 19.7 Å². The van der Waals surface area contributed by atoms with Gasteiger partial charge in [-0.2, -0.15) is 0 Å². The van der Waals surface area contributed by atoms with Crippen LogP contribution in [0.4, 0.5) is 11.4 Å². The molecule has 162 valence electrons. The topological polar surface area (TPSA) is 101 Å². The Kier molecular flexibility index (Phi) is 7.40. The minimum atomic E-state index is -0.575. The maximum Gasteiger partial charge on any atom is 0.272 e. The average molecular weight is 515 g/mol. The fourth-order valence-corrected chi connectivity index (χ4v) is 3.42. The second-order valence-electron chi connectivity index (χ2n) is 6.71. The molecule has 3 aromatic rings. The quantitative estimate of drug-likeness (QED) is 0.249. The van der Waals surface area contributed by atoms with Crippen molar-refractivity contribution >= 4 is 56.8 Å². The summed E-state index contributed by atoms with van der Waals surface area (Å²) in [6.45, 7) is 1.76. The van der Waals surface area contributed by atoms with Gasteiger partial charge in [0.05, 0.1) is 10.5 Å². The van der Waals surface area contributed by atoms with Crippen molar-refractivity contribution in [3.05, 3.63) is 109 Å². The molecule has 0 radical (unpaired) electrons. The minimum absolute atomic E-state index is 0.0426. The zero-order valence-corrected chi connectivity index (χ0v) is 19.1.